The Morgan fingerprint density at radius 1 is 0.400 bits per heavy atom. The predicted molar refractivity (Wildman–Crippen MR) is 317 cm³/mol. The first-order valence-electron chi connectivity index (χ1n) is 29.0. The number of likely N-dealkylation sites (N-methyl/N-ethyl adjacent to an activating group) is 1. The maximum Gasteiger partial charge on any atom is 0.361 e. The number of hydrogen-bond donors (Lipinski definition) is 1. The first-order chi connectivity index (χ1) is 36.6. The molecule has 0 aromatic carbocycles. The van der Waals surface area contributed by atoms with Gasteiger partial charge in [0.2, 0.25) is 0 Å². The third-order valence-corrected chi connectivity index (χ3v) is 11.6. The van der Waals surface area contributed by atoms with E-state index in [0.29, 0.717) is 23.9 Å². The van der Waals surface area contributed by atoms with E-state index in [2.05, 4.69) is 160 Å². The summed E-state index contributed by atoms with van der Waals surface area (Å²) in [4.78, 5) is 37.4. The zero-order chi connectivity index (χ0) is 54.8. The molecule has 422 valence electrons. The average molecular weight is 1040 g/mol. The number of carbonyl (C=O) groups excluding carboxylic acids is 2. The van der Waals surface area contributed by atoms with E-state index in [9.17, 15) is 19.5 Å². The van der Waals surface area contributed by atoms with Gasteiger partial charge in [-0.2, -0.15) is 0 Å². The van der Waals surface area contributed by atoms with Crippen molar-refractivity contribution >= 4 is 17.9 Å². The second-order valence-corrected chi connectivity index (χ2v) is 19.8. The number of nitrogens with zero attached hydrogens (tertiary/aromatic N) is 1. The van der Waals surface area contributed by atoms with Gasteiger partial charge in [-0.25, -0.2) is 4.79 Å². The zero-order valence-corrected chi connectivity index (χ0v) is 47.9. The molecule has 0 spiro atoms. The van der Waals surface area contributed by atoms with Crippen molar-refractivity contribution in [2.24, 2.45) is 0 Å². The van der Waals surface area contributed by atoms with E-state index in [4.69, 9.17) is 18.9 Å². The summed E-state index contributed by atoms with van der Waals surface area (Å²) in [5, 5.41) is 9.69. The number of unbranched alkanes of at least 4 members (excludes halogenated alkanes) is 12. The van der Waals surface area contributed by atoms with E-state index in [0.717, 1.165) is 109 Å². The number of rotatable bonds is 51. The smallest absolute Gasteiger partial charge is 0.361 e. The average Bonchev–Trinajstić information content (AvgIpc) is 3.38. The van der Waals surface area contributed by atoms with Crippen molar-refractivity contribution in [3.8, 4) is 0 Å². The number of quaternary nitrogens is 1. The Bertz CT molecular complexity index is 1730. The maximum absolute atomic E-state index is 12.9. The topological polar surface area (TPSA) is 108 Å². The van der Waals surface area contributed by atoms with E-state index in [1.807, 2.05) is 21.1 Å². The van der Waals surface area contributed by atoms with Gasteiger partial charge >= 0.3 is 17.9 Å². The molecular weight excluding hydrogens is 935 g/mol. The largest absolute Gasteiger partial charge is 0.477 e. The minimum Gasteiger partial charge on any atom is -0.477 e. The Morgan fingerprint density at radius 3 is 1.11 bits per heavy atom. The molecule has 0 heterocycles. The predicted octanol–water partition coefficient (Wildman–Crippen LogP) is 17.2. The summed E-state index contributed by atoms with van der Waals surface area (Å²) in [6.07, 6.45) is 77.9. The summed E-state index contributed by atoms with van der Waals surface area (Å²) in [7, 11) is 5.94. The molecule has 75 heavy (non-hydrogen) atoms. The number of carbonyl (C=O) groups is 3. The number of aliphatic carboxylic acids is 1. The minimum absolute atomic E-state index is 0.170. The fraction of sp³-hybridized carbons (Fsp3) is 0.591. The van der Waals surface area contributed by atoms with Crippen molar-refractivity contribution in [3.63, 3.8) is 0 Å². The molecule has 9 nitrogen and oxygen atoms in total. The van der Waals surface area contributed by atoms with Crippen molar-refractivity contribution in [1.82, 2.24) is 0 Å². The first kappa shape index (κ1) is 70.2. The summed E-state index contributed by atoms with van der Waals surface area (Å²) in [5.74, 6) is -2.11. The van der Waals surface area contributed by atoms with E-state index >= 15 is 0 Å². The summed E-state index contributed by atoms with van der Waals surface area (Å²) in [5.41, 5.74) is 0. The highest BCUT2D eigenvalue weighted by Gasteiger charge is 2.25. The van der Waals surface area contributed by atoms with E-state index in [-0.39, 0.29) is 32.7 Å². The van der Waals surface area contributed by atoms with Crippen molar-refractivity contribution in [3.05, 3.63) is 146 Å². The standard InChI is InChI=1S/C66H105NO8/c1-6-8-10-12-14-16-18-20-22-24-25-26-27-28-29-30-31-32-33-34-35-36-37-38-39-41-43-45-47-49-51-53-55-57-64(69)75-62(61-74-66(65(70)71)72-59-58-67(3,4)5)60-73-63(68)56-54-52-50-48-46-44-42-40-23-21-19-17-15-13-11-9-7-2/h8-11,14-17,20-23,25-26,28-29,31-32,34-35,42,44,48,50,62,66H,6-7,12-13,18-19,24,27,30,33,36-41,43,45-47,49,51-61H2,1-5H3/p+1/b10-8-,11-9-,16-14-,17-15-,22-20-,23-21-,26-25-,29-28-,32-31-,35-34-,44-42-,50-48-. The van der Waals surface area contributed by atoms with Gasteiger partial charge in [0.05, 0.1) is 34.4 Å². The lowest BCUT2D eigenvalue weighted by Gasteiger charge is -2.25. The summed E-state index contributed by atoms with van der Waals surface area (Å²) < 4.78 is 22.8. The molecule has 0 bridgehead atoms. The zero-order valence-electron chi connectivity index (χ0n) is 47.9. The number of ether oxygens (including phenoxy) is 4. The molecule has 0 aliphatic heterocycles. The van der Waals surface area contributed by atoms with Gasteiger partial charge in [0.25, 0.3) is 6.29 Å². The Morgan fingerprint density at radius 2 is 0.733 bits per heavy atom. The molecule has 0 saturated carbocycles. The fourth-order valence-electron chi connectivity index (χ4n) is 7.20. The monoisotopic (exact) mass is 1040 g/mol. The van der Waals surface area contributed by atoms with Crippen LogP contribution >= 0.6 is 0 Å². The number of hydrogen-bond acceptors (Lipinski definition) is 7. The second-order valence-electron chi connectivity index (χ2n) is 19.8. The van der Waals surface area contributed by atoms with E-state index in [1.165, 1.54) is 44.9 Å². The number of carboxylic acid groups (broad SMARTS) is 1. The second kappa shape index (κ2) is 55.4. The van der Waals surface area contributed by atoms with Gasteiger partial charge in [-0.1, -0.05) is 217 Å². The molecule has 0 aliphatic carbocycles. The van der Waals surface area contributed by atoms with Crippen LogP contribution in [-0.2, 0) is 33.3 Å². The molecular formula is C66H106NO8+. The molecule has 0 aliphatic rings. The molecule has 2 atom stereocenters. The van der Waals surface area contributed by atoms with Crippen LogP contribution in [0.15, 0.2) is 146 Å². The van der Waals surface area contributed by atoms with Crippen molar-refractivity contribution in [2.45, 2.75) is 206 Å². The Kier molecular flexibility index (Phi) is 51.8. The summed E-state index contributed by atoms with van der Waals surface area (Å²) in [6, 6.07) is 0. The molecule has 2 unspecified atom stereocenters. The molecule has 0 aromatic heterocycles. The first-order valence-corrected chi connectivity index (χ1v) is 29.0. The fourth-order valence-corrected chi connectivity index (χ4v) is 7.20. The van der Waals surface area contributed by atoms with E-state index in [1.54, 1.807) is 0 Å². The van der Waals surface area contributed by atoms with Gasteiger partial charge in [0, 0.05) is 12.8 Å². The van der Waals surface area contributed by atoms with Gasteiger partial charge in [-0.05, 0) is 109 Å². The number of carboxylic acids is 1. The van der Waals surface area contributed by atoms with Crippen LogP contribution in [0.4, 0.5) is 0 Å². The highest BCUT2D eigenvalue weighted by molar-refractivity contribution is 5.71. The van der Waals surface area contributed by atoms with Gasteiger partial charge < -0.3 is 28.5 Å². The van der Waals surface area contributed by atoms with Gasteiger partial charge in [0.15, 0.2) is 6.10 Å². The van der Waals surface area contributed by atoms with Crippen LogP contribution in [0.2, 0.25) is 0 Å². The summed E-state index contributed by atoms with van der Waals surface area (Å²) >= 11 is 0. The molecule has 1 N–H and O–H groups in total. The SMILES string of the molecule is CC/C=C\C/C=C\C/C=C\C/C=C\C/C=C\C/C=C\C/C=C\CCCCCCCCCCCCCC(=O)OC(COC(=O)CCC/C=C\C/C=C\C/C=C\C/C=C\C/C=C\CC)COC(OCC[N+](C)(C)C)C(=O)O. The van der Waals surface area contributed by atoms with Crippen LogP contribution in [0.5, 0.6) is 0 Å². The van der Waals surface area contributed by atoms with Crippen LogP contribution < -0.4 is 0 Å². The van der Waals surface area contributed by atoms with Crippen LogP contribution in [0.3, 0.4) is 0 Å². The third kappa shape index (κ3) is 56.7. The Hall–Kier alpha value is -4.83. The van der Waals surface area contributed by atoms with Crippen molar-refractivity contribution in [1.29, 1.82) is 0 Å². The van der Waals surface area contributed by atoms with Crippen LogP contribution in [0.1, 0.15) is 194 Å². The van der Waals surface area contributed by atoms with Crippen LogP contribution in [0, 0.1) is 0 Å². The third-order valence-electron chi connectivity index (χ3n) is 11.6. The molecule has 0 amide bonds. The molecule has 0 aromatic rings. The Balaban J connectivity index is 4.29. The lowest BCUT2D eigenvalue weighted by molar-refractivity contribution is -0.870. The Labute approximate surface area is 458 Å². The van der Waals surface area contributed by atoms with Gasteiger partial charge in [0.1, 0.15) is 13.2 Å². The number of esters is 2. The molecule has 0 fully saturated rings. The summed E-state index contributed by atoms with van der Waals surface area (Å²) in [6.45, 7) is 4.55. The van der Waals surface area contributed by atoms with Crippen molar-refractivity contribution in [2.75, 3.05) is 47.5 Å². The van der Waals surface area contributed by atoms with Crippen LogP contribution in [-0.4, -0.2) is 87.4 Å². The molecule has 9 heteroatoms. The highest BCUT2D eigenvalue weighted by Crippen LogP contribution is 2.14. The lowest BCUT2D eigenvalue weighted by Crippen LogP contribution is -2.40. The molecule has 0 radical (unpaired) electrons. The van der Waals surface area contributed by atoms with Crippen molar-refractivity contribution < 1.29 is 42.9 Å². The maximum atomic E-state index is 12.9. The normalized spacial score (nSPS) is 13.9. The highest BCUT2D eigenvalue weighted by atomic mass is 16.7. The quantitative estimate of drug-likeness (QED) is 0.0211. The van der Waals surface area contributed by atoms with E-state index < -0.39 is 30.3 Å². The number of allylic oxidation sites excluding steroid dienone is 24. The van der Waals surface area contributed by atoms with Gasteiger partial charge in [-0.3, -0.25) is 9.59 Å². The minimum atomic E-state index is -1.53. The van der Waals surface area contributed by atoms with Crippen LogP contribution in [0.25, 0.3) is 0 Å². The lowest BCUT2D eigenvalue weighted by atomic mass is 10.0. The molecule has 0 rings (SSSR count). The van der Waals surface area contributed by atoms with Gasteiger partial charge in [-0.15, -0.1) is 0 Å². The molecule has 0 saturated heterocycles.